The zero-order valence-corrected chi connectivity index (χ0v) is 15.0. The molecule has 1 saturated carbocycles. The molecule has 3 atom stereocenters. The molecule has 0 radical (unpaired) electrons. The highest BCUT2D eigenvalue weighted by Gasteiger charge is 2.47. The second-order valence-corrected chi connectivity index (χ2v) is 9.32. The van der Waals surface area contributed by atoms with Crippen molar-refractivity contribution in [3.8, 4) is 0 Å². The van der Waals surface area contributed by atoms with E-state index in [-0.39, 0.29) is 23.6 Å². The van der Waals surface area contributed by atoms with Crippen LogP contribution in [-0.2, 0) is 20.4 Å². The van der Waals surface area contributed by atoms with E-state index in [2.05, 4.69) is 0 Å². The van der Waals surface area contributed by atoms with Gasteiger partial charge >= 0.3 is 5.97 Å². The van der Waals surface area contributed by atoms with Crippen LogP contribution in [0.25, 0.3) is 0 Å². The van der Waals surface area contributed by atoms with Crippen LogP contribution < -0.4 is 0 Å². The fourth-order valence-corrected chi connectivity index (χ4v) is 5.00. The van der Waals surface area contributed by atoms with Gasteiger partial charge in [-0.1, -0.05) is 25.0 Å². The Kier molecular flexibility index (Phi) is 4.86. The van der Waals surface area contributed by atoms with Crippen molar-refractivity contribution in [2.24, 2.45) is 5.92 Å². The highest BCUT2D eigenvalue weighted by molar-refractivity contribution is 7.89. The molecule has 0 bridgehead atoms. The van der Waals surface area contributed by atoms with Crippen molar-refractivity contribution in [2.45, 2.75) is 49.9 Å². The predicted octanol–water partition coefficient (Wildman–Crippen LogP) is 2.09. The molecule has 1 aromatic carbocycles. The number of fused-ring (bicyclic) bond motifs is 1. The molecular formula is C18H23NO5S. The normalized spacial score (nSPS) is 26.3. The molecule has 25 heavy (non-hydrogen) atoms. The third-order valence-electron chi connectivity index (χ3n) is 5.21. The molecule has 0 aromatic heterocycles. The molecule has 2 aliphatic rings. The number of carboxylic acid groups (broad SMARTS) is 1. The highest BCUT2D eigenvalue weighted by Crippen LogP contribution is 2.40. The van der Waals surface area contributed by atoms with E-state index in [1.54, 1.807) is 24.3 Å². The summed E-state index contributed by atoms with van der Waals surface area (Å²) in [7, 11) is -3.20. The van der Waals surface area contributed by atoms with E-state index in [0.29, 0.717) is 17.5 Å². The van der Waals surface area contributed by atoms with Crippen LogP contribution >= 0.6 is 0 Å². The SMILES string of the molecule is CS(=O)(=O)Cc1cccc(C(=O)N2[C@H](C(=O)O)C[C@@H]3CCCC[C@@H]32)c1. The summed E-state index contributed by atoms with van der Waals surface area (Å²) in [6, 6.07) is 5.69. The molecule has 6 nitrogen and oxygen atoms in total. The van der Waals surface area contributed by atoms with Crippen LogP contribution in [0.2, 0.25) is 0 Å². The molecule has 0 unspecified atom stereocenters. The second-order valence-electron chi connectivity index (χ2n) is 7.18. The minimum atomic E-state index is -3.20. The molecule has 1 N–H and O–H groups in total. The minimum Gasteiger partial charge on any atom is -0.480 e. The van der Waals surface area contributed by atoms with Gasteiger partial charge in [0, 0.05) is 17.9 Å². The Morgan fingerprint density at radius 1 is 1.24 bits per heavy atom. The number of benzene rings is 1. The number of rotatable bonds is 4. The van der Waals surface area contributed by atoms with Crippen LogP contribution in [0.15, 0.2) is 24.3 Å². The molecule has 3 rings (SSSR count). The summed E-state index contributed by atoms with van der Waals surface area (Å²) in [5, 5.41) is 9.56. The van der Waals surface area contributed by atoms with Crippen molar-refractivity contribution in [1.29, 1.82) is 0 Å². The maximum Gasteiger partial charge on any atom is 0.326 e. The van der Waals surface area contributed by atoms with Crippen molar-refractivity contribution in [2.75, 3.05) is 6.26 Å². The largest absolute Gasteiger partial charge is 0.480 e. The number of hydrogen-bond donors (Lipinski definition) is 1. The van der Waals surface area contributed by atoms with Crippen LogP contribution in [0.5, 0.6) is 0 Å². The maximum atomic E-state index is 13.0. The molecule has 1 aromatic rings. The first-order valence-corrected chi connectivity index (χ1v) is 10.6. The summed E-state index contributed by atoms with van der Waals surface area (Å²) >= 11 is 0. The van der Waals surface area contributed by atoms with E-state index in [0.717, 1.165) is 31.9 Å². The fraction of sp³-hybridized carbons (Fsp3) is 0.556. The Labute approximate surface area is 147 Å². The number of hydrogen-bond acceptors (Lipinski definition) is 4. The van der Waals surface area contributed by atoms with Gasteiger partial charge in [0.25, 0.3) is 5.91 Å². The number of carbonyl (C=O) groups is 2. The first kappa shape index (κ1) is 17.9. The van der Waals surface area contributed by atoms with Gasteiger partial charge in [-0.2, -0.15) is 0 Å². The molecule has 1 aliphatic carbocycles. The van der Waals surface area contributed by atoms with Crippen molar-refractivity contribution in [3.63, 3.8) is 0 Å². The summed E-state index contributed by atoms with van der Waals surface area (Å²) in [5.74, 6) is -1.16. The molecule has 7 heteroatoms. The predicted molar refractivity (Wildman–Crippen MR) is 92.9 cm³/mol. The molecule has 2 fully saturated rings. The minimum absolute atomic E-state index is 0.0269. The van der Waals surface area contributed by atoms with Gasteiger partial charge in [0.2, 0.25) is 0 Å². The van der Waals surface area contributed by atoms with Gasteiger partial charge in [0.05, 0.1) is 5.75 Å². The van der Waals surface area contributed by atoms with Crippen LogP contribution in [0.4, 0.5) is 0 Å². The Hall–Kier alpha value is -1.89. The van der Waals surface area contributed by atoms with Gasteiger partial charge in [-0.25, -0.2) is 13.2 Å². The number of likely N-dealkylation sites (tertiary alicyclic amines) is 1. The Morgan fingerprint density at radius 2 is 1.96 bits per heavy atom. The first-order chi connectivity index (χ1) is 11.8. The molecule has 1 heterocycles. The number of carbonyl (C=O) groups excluding carboxylic acids is 1. The van der Waals surface area contributed by atoms with E-state index < -0.39 is 21.8 Å². The van der Waals surface area contributed by atoms with E-state index >= 15 is 0 Å². The van der Waals surface area contributed by atoms with E-state index in [1.807, 2.05) is 0 Å². The smallest absolute Gasteiger partial charge is 0.326 e. The van der Waals surface area contributed by atoms with E-state index in [9.17, 15) is 23.1 Å². The number of nitrogens with zero attached hydrogens (tertiary/aromatic N) is 1. The highest BCUT2D eigenvalue weighted by atomic mass is 32.2. The van der Waals surface area contributed by atoms with Gasteiger partial charge in [-0.15, -0.1) is 0 Å². The van der Waals surface area contributed by atoms with Gasteiger partial charge in [-0.05, 0) is 42.9 Å². The number of carboxylic acids is 1. The van der Waals surface area contributed by atoms with Gasteiger partial charge in [-0.3, -0.25) is 4.79 Å². The van der Waals surface area contributed by atoms with E-state index in [4.69, 9.17) is 0 Å². The number of sulfone groups is 1. The van der Waals surface area contributed by atoms with E-state index in [1.165, 1.54) is 4.90 Å². The number of amides is 1. The Balaban J connectivity index is 1.90. The lowest BCUT2D eigenvalue weighted by atomic mass is 9.84. The summed E-state index contributed by atoms with van der Waals surface area (Å²) in [4.78, 5) is 26.3. The van der Waals surface area contributed by atoms with Crippen molar-refractivity contribution < 1.29 is 23.1 Å². The topological polar surface area (TPSA) is 91.8 Å². The lowest BCUT2D eigenvalue weighted by Crippen LogP contribution is -2.46. The van der Waals surface area contributed by atoms with Gasteiger partial charge in [0.15, 0.2) is 9.84 Å². The molecular weight excluding hydrogens is 342 g/mol. The van der Waals surface area contributed by atoms with Crippen LogP contribution in [0, 0.1) is 5.92 Å². The average Bonchev–Trinajstić information content (AvgIpc) is 2.92. The monoisotopic (exact) mass is 365 g/mol. The third-order valence-corrected chi connectivity index (χ3v) is 6.07. The molecule has 0 spiro atoms. The Bertz CT molecular complexity index is 788. The van der Waals surface area contributed by atoms with Gasteiger partial charge in [0.1, 0.15) is 6.04 Å². The van der Waals surface area contributed by atoms with Crippen LogP contribution in [-0.4, -0.2) is 48.6 Å². The van der Waals surface area contributed by atoms with Crippen molar-refractivity contribution >= 4 is 21.7 Å². The van der Waals surface area contributed by atoms with Crippen molar-refractivity contribution in [1.82, 2.24) is 4.90 Å². The van der Waals surface area contributed by atoms with Crippen LogP contribution in [0.1, 0.15) is 48.0 Å². The molecule has 1 aliphatic heterocycles. The lowest BCUT2D eigenvalue weighted by Gasteiger charge is -2.33. The molecule has 1 amide bonds. The summed E-state index contributed by atoms with van der Waals surface area (Å²) in [5.41, 5.74) is 0.901. The third kappa shape index (κ3) is 3.86. The fourth-order valence-electron chi connectivity index (χ4n) is 4.22. The number of aliphatic carboxylic acids is 1. The second kappa shape index (κ2) is 6.78. The molecule has 136 valence electrons. The summed E-state index contributed by atoms with van der Waals surface area (Å²) < 4.78 is 23.0. The van der Waals surface area contributed by atoms with Crippen LogP contribution in [0.3, 0.4) is 0 Å². The maximum absolute atomic E-state index is 13.0. The quantitative estimate of drug-likeness (QED) is 0.882. The Morgan fingerprint density at radius 3 is 2.64 bits per heavy atom. The zero-order valence-electron chi connectivity index (χ0n) is 14.2. The standard InChI is InChI=1S/C18H23NO5S/c1-25(23,24)11-12-5-4-7-14(9-12)17(20)19-15-8-3-2-6-13(15)10-16(19)18(21)22/h4-5,7,9,13,15-16H,2-3,6,8,10-11H2,1H3,(H,21,22)/t13-,15-,16-/m0/s1. The average molecular weight is 365 g/mol. The zero-order chi connectivity index (χ0) is 18.2. The van der Waals surface area contributed by atoms with Gasteiger partial charge < -0.3 is 10.0 Å². The summed E-state index contributed by atoms with van der Waals surface area (Å²) in [6.07, 6.45) is 5.55. The lowest BCUT2D eigenvalue weighted by molar-refractivity contribution is -0.141. The first-order valence-electron chi connectivity index (χ1n) is 8.58. The summed E-state index contributed by atoms with van der Waals surface area (Å²) in [6.45, 7) is 0. The molecule has 1 saturated heterocycles. The van der Waals surface area contributed by atoms with Crippen molar-refractivity contribution in [3.05, 3.63) is 35.4 Å².